The molecule has 4 aromatic rings. The summed E-state index contributed by atoms with van der Waals surface area (Å²) in [5.74, 6) is -0.0142. The van der Waals surface area contributed by atoms with Crippen molar-refractivity contribution in [1.82, 2.24) is 9.66 Å². The van der Waals surface area contributed by atoms with Gasteiger partial charge in [-0.05, 0) is 64.5 Å². The molecule has 1 aromatic heterocycles. The lowest BCUT2D eigenvalue weighted by atomic mass is 10.2. The first-order valence-electron chi connectivity index (χ1n) is 11.2. The number of nitrogens with zero attached hydrogens (tertiary/aromatic N) is 3. The third kappa shape index (κ3) is 6.06. The molecule has 1 heterocycles. The number of amides is 1. The van der Waals surface area contributed by atoms with Crippen molar-refractivity contribution >= 4 is 72.2 Å². The Kier molecular flexibility index (Phi) is 8.80. The van der Waals surface area contributed by atoms with Gasteiger partial charge in [0.15, 0.2) is 18.1 Å². The molecule has 0 saturated heterocycles. The van der Waals surface area contributed by atoms with Crippen molar-refractivity contribution in [2.24, 2.45) is 5.10 Å². The van der Waals surface area contributed by atoms with E-state index in [2.05, 4.69) is 47.3 Å². The molecule has 0 spiro atoms. The van der Waals surface area contributed by atoms with Crippen LogP contribution in [0.15, 0.2) is 67.4 Å². The number of rotatable bonds is 8. The standard InChI is InChI=1S/C26H20Br2ClFN4O4/c1-3-21-33-19-9-4-15(27)11-18(19)26(36)34(21)31-12-14-10-20(37-2)25(24(29)23(14)28)38-13-22(35)32-17-7-5-16(30)6-8-17/h4-12H,3,13H2,1-2H3,(H,32,35). The fourth-order valence-electron chi connectivity index (χ4n) is 3.52. The molecule has 0 aliphatic carbocycles. The Balaban J connectivity index is 1.61. The zero-order valence-electron chi connectivity index (χ0n) is 20.1. The van der Waals surface area contributed by atoms with Crippen molar-refractivity contribution in [3.05, 3.63) is 90.1 Å². The van der Waals surface area contributed by atoms with Gasteiger partial charge in [0.2, 0.25) is 0 Å². The number of nitrogens with one attached hydrogen (secondary N) is 1. The van der Waals surface area contributed by atoms with Crippen molar-refractivity contribution in [2.45, 2.75) is 13.3 Å². The molecule has 0 bridgehead atoms. The number of fused-ring (bicyclic) bond motifs is 1. The number of aryl methyl sites for hydroxylation is 1. The van der Waals surface area contributed by atoms with Gasteiger partial charge < -0.3 is 14.8 Å². The van der Waals surface area contributed by atoms with Gasteiger partial charge in [0.25, 0.3) is 11.5 Å². The molecular formula is C26H20Br2ClFN4O4. The first kappa shape index (κ1) is 27.7. The van der Waals surface area contributed by atoms with Crippen LogP contribution in [0.2, 0.25) is 5.02 Å². The molecule has 38 heavy (non-hydrogen) atoms. The number of aromatic nitrogens is 2. The average molecular weight is 667 g/mol. The quantitative estimate of drug-likeness (QED) is 0.227. The summed E-state index contributed by atoms with van der Waals surface area (Å²) in [7, 11) is 1.43. The second-order valence-corrected chi connectivity index (χ2v) is 9.96. The van der Waals surface area contributed by atoms with E-state index in [0.29, 0.717) is 38.9 Å². The summed E-state index contributed by atoms with van der Waals surface area (Å²) in [5.41, 5.74) is 1.18. The van der Waals surface area contributed by atoms with Crippen LogP contribution < -0.4 is 20.3 Å². The highest BCUT2D eigenvalue weighted by Gasteiger charge is 2.19. The molecule has 8 nitrogen and oxygen atoms in total. The van der Waals surface area contributed by atoms with E-state index < -0.39 is 11.7 Å². The lowest BCUT2D eigenvalue weighted by Gasteiger charge is -2.15. The highest BCUT2D eigenvalue weighted by Crippen LogP contribution is 2.42. The predicted molar refractivity (Wildman–Crippen MR) is 152 cm³/mol. The van der Waals surface area contributed by atoms with E-state index in [9.17, 15) is 14.0 Å². The van der Waals surface area contributed by atoms with Crippen LogP contribution in [0, 0.1) is 5.82 Å². The van der Waals surface area contributed by atoms with Crippen molar-refractivity contribution < 1.29 is 18.7 Å². The Bertz CT molecular complexity index is 1610. The summed E-state index contributed by atoms with van der Waals surface area (Å²) >= 11 is 13.4. The van der Waals surface area contributed by atoms with Crippen molar-refractivity contribution in [3.8, 4) is 11.5 Å². The number of halogens is 4. The van der Waals surface area contributed by atoms with E-state index in [4.69, 9.17) is 21.1 Å². The van der Waals surface area contributed by atoms with Gasteiger partial charge in [0.05, 0.1) is 24.2 Å². The molecule has 196 valence electrons. The average Bonchev–Trinajstić information content (AvgIpc) is 2.91. The zero-order chi connectivity index (χ0) is 27.4. The van der Waals surface area contributed by atoms with Crippen LogP contribution in [0.3, 0.4) is 0 Å². The summed E-state index contributed by atoms with van der Waals surface area (Å²) in [6.45, 7) is 1.51. The summed E-state index contributed by atoms with van der Waals surface area (Å²) in [6, 6.07) is 12.2. The van der Waals surface area contributed by atoms with Gasteiger partial charge in [-0.15, -0.1) is 0 Å². The maximum absolute atomic E-state index is 13.2. The normalized spacial score (nSPS) is 11.2. The van der Waals surface area contributed by atoms with Gasteiger partial charge in [-0.25, -0.2) is 9.37 Å². The molecule has 12 heteroatoms. The maximum atomic E-state index is 13.2. The molecule has 0 aliphatic heterocycles. The number of hydrogen-bond acceptors (Lipinski definition) is 6. The molecule has 0 saturated carbocycles. The fraction of sp³-hybridized carbons (Fsp3) is 0.154. The number of benzene rings is 3. The van der Waals surface area contributed by atoms with Crippen LogP contribution >= 0.6 is 43.5 Å². The lowest BCUT2D eigenvalue weighted by Crippen LogP contribution is -2.22. The smallest absolute Gasteiger partial charge is 0.282 e. The minimum absolute atomic E-state index is 0.135. The molecule has 0 aliphatic rings. The number of carbonyl (C=O) groups is 1. The van der Waals surface area contributed by atoms with Gasteiger partial charge in [-0.3, -0.25) is 9.59 Å². The molecule has 1 amide bonds. The summed E-state index contributed by atoms with van der Waals surface area (Å²) in [4.78, 5) is 30.0. The minimum atomic E-state index is -0.474. The van der Waals surface area contributed by atoms with Gasteiger partial charge in [-0.1, -0.05) is 34.5 Å². The molecule has 0 fully saturated rings. The second kappa shape index (κ2) is 12.1. The summed E-state index contributed by atoms with van der Waals surface area (Å²) < 4.78 is 26.6. The third-order valence-electron chi connectivity index (χ3n) is 5.36. The molecule has 0 unspecified atom stereocenters. The monoisotopic (exact) mass is 664 g/mol. The minimum Gasteiger partial charge on any atom is -0.493 e. The van der Waals surface area contributed by atoms with E-state index in [1.807, 2.05) is 13.0 Å². The van der Waals surface area contributed by atoms with Crippen molar-refractivity contribution in [3.63, 3.8) is 0 Å². The number of carbonyl (C=O) groups excluding carboxylic acids is 1. The van der Waals surface area contributed by atoms with E-state index in [0.717, 1.165) is 4.47 Å². The Morgan fingerprint density at radius 1 is 1.21 bits per heavy atom. The SMILES string of the molecule is CCc1nc2ccc(Br)cc2c(=O)n1N=Cc1cc(OC)c(OCC(=O)Nc2ccc(F)cc2)c(Cl)c1Br. The Morgan fingerprint density at radius 2 is 1.95 bits per heavy atom. The molecule has 4 rings (SSSR count). The van der Waals surface area contributed by atoms with E-state index in [1.165, 1.54) is 42.3 Å². The third-order valence-corrected chi connectivity index (χ3v) is 7.29. The van der Waals surface area contributed by atoms with Crippen molar-refractivity contribution in [1.29, 1.82) is 0 Å². The predicted octanol–water partition coefficient (Wildman–Crippen LogP) is 6.18. The largest absolute Gasteiger partial charge is 0.493 e. The number of anilines is 1. The second-order valence-electron chi connectivity index (χ2n) is 7.87. The highest BCUT2D eigenvalue weighted by molar-refractivity contribution is 9.10. The van der Waals surface area contributed by atoms with Crippen LogP contribution in [0.1, 0.15) is 18.3 Å². The summed E-state index contributed by atoms with van der Waals surface area (Å²) in [6.07, 6.45) is 1.94. The van der Waals surface area contributed by atoms with Crippen LogP contribution in [-0.2, 0) is 11.2 Å². The van der Waals surface area contributed by atoms with Gasteiger partial charge in [-0.2, -0.15) is 9.78 Å². The first-order valence-corrected chi connectivity index (χ1v) is 13.2. The topological polar surface area (TPSA) is 94.8 Å². The van der Waals surface area contributed by atoms with Crippen LogP contribution in [0.25, 0.3) is 10.9 Å². The van der Waals surface area contributed by atoms with E-state index in [-0.39, 0.29) is 28.7 Å². The molecule has 0 atom stereocenters. The first-order chi connectivity index (χ1) is 18.2. The number of hydrogen-bond donors (Lipinski definition) is 1. The van der Waals surface area contributed by atoms with Crippen LogP contribution in [0.5, 0.6) is 11.5 Å². The Hall–Kier alpha value is -3.28. The molecule has 1 N–H and O–H groups in total. The maximum Gasteiger partial charge on any atom is 0.282 e. The van der Waals surface area contributed by atoms with E-state index >= 15 is 0 Å². The lowest BCUT2D eigenvalue weighted by molar-refractivity contribution is -0.118. The Labute approximate surface area is 238 Å². The molecule has 0 radical (unpaired) electrons. The van der Waals surface area contributed by atoms with Gasteiger partial charge >= 0.3 is 0 Å². The fourth-order valence-corrected chi connectivity index (χ4v) is 4.53. The van der Waals surface area contributed by atoms with Gasteiger partial charge in [0, 0.05) is 26.6 Å². The number of ether oxygens (including phenoxy) is 2. The number of methoxy groups -OCH3 is 1. The van der Waals surface area contributed by atoms with Crippen LogP contribution in [-0.4, -0.2) is 35.5 Å². The Morgan fingerprint density at radius 3 is 2.63 bits per heavy atom. The van der Waals surface area contributed by atoms with Crippen LogP contribution in [0.4, 0.5) is 10.1 Å². The molecular weight excluding hydrogens is 647 g/mol. The summed E-state index contributed by atoms with van der Waals surface area (Å²) in [5, 5.41) is 7.56. The molecule has 3 aromatic carbocycles. The van der Waals surface area contributed by atoms with Gasteiger partial charge in [0.1, 0.15) is 16.7 Å². The highest BCUT2D eigenvalue weighted by atomic mass is 79.9. The van der Waals surface area contributed by atoms with E-state index in [1.54, 1.807) is 18.2 Å². The zero-order valence-corrected chi connectivity index (χ0v) is 24.0. The van der Waals surface area contributed by atoms with Crippen molar-refractivity contribution in [2.75, 3.05) is 19.0 Å².